The normalized spacial score (nSPS) is 10.1. The summed E-state index contributed by atoms with van der Waals surface area (Å²) in [7, 11) is 0. The Hall–Kier alpha value is -1.31. The average molecular weight is 205 g/mol. The topological polar surface area (TPSA) is 20.3 Å². The van der Waals surface area contributed by atoms with Crippen LogP contribution in [-0.2, 0) is 6.42 Å². The molecular formula is C13H19NO. The monoisotopic (exact) mass is 205 g/mol. The number of hydrogen-bond donors (Lipinski definition) is 0. The molecule has 0 radical (unpaired) electrons. The Bertz CT molecular complexity index is 329. The first-order valence-electron chi connectivity index (χ1n) is 5.59. The van der Waals surface area contributed by atoms with Crippen LogP contribution >= 0.6 is 0 Å². The largest absolute Gasteiger partial charge is 0.372 e. The fraction of sp³-hybridized carbons (Fsp3) is 0.462. The molecule has 0 fully saturated rings. The number of rotatable bonds is 5. The van der Waals surface area contributed by atoms with Gasteiger partial charge in [0.15, 0.2) is 0 Å². The first-order valence-corrected chi connectivity index (χ1v) is 5.59. The van der Waals surface area contributed by atoms with Crippen molar-refractivity contribution in [1.29, 1.82) is 0 Å². The molecule has 0 saturated carbocycles. The lowest BCUT2D eigenvalue weighted by atomic mass is 10.0. The summed E-state index contributed by atoms with van der Waals surface area (Å²) in [5.41, 5.74) is 3.16. The van der Waals surface area contributed by atoms with Gasteiger partial charge in [-0.2, -0.15) is 0 Å². The highest BCUT2D eigenvalue weighted by atomic mass is 16.1. The van der Waals surface area contributed by atoms with Gasteiger partial charge < -0.3 is 4.90 Å². The van der Waals surface area contributed by atoms with Crippen molar-refractivity contribution in [3.05, 3.63) is 29.3 Å². The van der Waals surface area contributed by atoms with E-state index in [0.29, 0.717) is 0 Å². The molecule has 0 amide bonds. The molecule has 0 N–H and O–H groups in total. The summed E-state index contributed by atoms with van der Waals surface area (Å²) in [4.78, 5) is 13.1. The molecule has 0 heterocycles. The molecule has 0 unspecified atom stereocenters. The van der Waals surface area contributed by atoms with Gasteiger partial charge in [0.25, 0.3) is 0 Å². The summed E-state index contributed by atoms with van der Waals surface area (Å²) in [6.45, 7) is 8.36. The number of aryl methyl sites for hydroxylation is 1. The van der Waals surface area contributed by atoms with Gasteiger partial charge in [-0.05, 0) is 44.0 Å². The van der Waals surface area contributed by atoms with Gasteiger partial charge >= 0.3 is 0 Å². The van der Waals surface area contributed by atoms with Gasteiger partial charge in [0, 0.05) is 24.3 Å². The third kappa shape index (κ3) is 2.58. The maximum atomic E-state index is 10.8. The summed E-state index contributed by atoms with van der Waals surface area (Å²) in [5, 5.41) is 0. The highest BCUT2D eigenvalue weighted by Gasteiger charge is 2.05. The number of carbonyl (C=O) groups is 1. The van der Waals surface area contributed by atoms with E-state index >= 15 is 0 Å². The first kappa shape index (κ1) is 11.8. The van der Waals surface area contributed by atoms with Gasteiger partial charge in [0.05, 0.1) is 0 Å². The molecule has 0 aliphatic rings. The van der Waals surface area contributed by atoms with Crippen LogP contribution in [0.25, 0.3) is 0 Å². The lowest BCUT2D eigenvalue weighted by Crippen LogP contribution is -2.21. The van der Waals surface area contributed by atoms with E-state index in [2.05, 4.69) is 31.7 Å². The molecule has 0 spiro atoms. The predicted octanol–water partition coefficient (Wildman–Crippen LogP) is 2.91. The van der Waals surface area contributed by atoms with Crippen molar-refractivity contribution in [2.24, 2.45) is 0 Å². The molecule has 0 bridgehead atoms. The van der Waals surface area contributed by atoms with E-state index in [1.165, 1.54) is 5.69 Å². The van der Waals surface area contributed by atoms with Crippen LogP contribution in [-0.4, -0.2) is 19.4 Å². The number of aldehydes is 1. The fourth-order valence-electron chi connectivity index (χ4n) is 1.80. The van der Waals surface area contributed by atoms with E-state index in [-0.39, 0.29) is 0 Å². The molecule has 0 aliphatic carbocycles. The molecule has 1 rings (SSSR count). The second kappa shape index (κ2) is 5.54. The van der Waals surface area contributed by atoms with Crippen LogP contribution < -0.4 is 4.90 Å². The Morgan fingerprint density at radius 2 is 1.87 bits per heavy atom. The molecule has 0 aliphatic heterocycles. The third-order valence-corrected chi connectivity index (χ3v) is 2.76. The number of benzene rings is 1. The number of hydrogen-bond acceptors (Lipinski definition) is 2. The number of carbonyl (C=O) groups excluding carboxylic acids is 1. The predicted molar refractivity (Wildman–Crippen MR) is 64.8 cm³/mol. The minimum Gasteiger partial charge on any atom is -0.372 e. The zero-order valence-electron chi connectivity index (χ0n) is 9.79. The highest BCUT2D eigenvalue weighted by Crippen LogP contribution is 2.19. The molecule has 82 valence electrons. The van der Waals surface area contributed by atoms with Crippen molar-refractivity contribution in [2.45, 2.75) is 27.2 Å². The van der Waals surface area contributed by atoms with Crippen LogP contribution in [0.15, 0.2) is 18.2 Å². The second-order valence-electron chi connectivity index (χ2n) is 3.53. The SMILES string of the molecule is CCc1cc(N(CC)CC)ccc1C=O. The Balaban J connectivity index is 3.06. The standard InChI is InChI=1S/C13H19NO/c1-4-11-9-13(14(5-2)6-3)8-7-12(11)10-15/h7-10H,4-6H2,1-3H3. The Kier molecular flexibility index (Phi) is 4.35. The van der Waals surface area contributed by atoms with Crippen molar-refractivity contribution in [3.8, 4) is 0 Å². The third-order valence-electron chi connectivity index (χ3n) is 2.76. The van der Waals surface area contributed by atoms with Crippen LogP contribution in [0, 0.1) is 0 Å². The van der Waals surface area contributed by atoms with Gasteiger partial charge in [-0.1, -0.05) is 6.92 Å². The fourth-order valence-corrected chi connectivity index (χ4v) is 1.80. The number of anilines is 1. The first-order chi connectivity index (χ1) is 7.26. The van der Waals surface area contributed by atoms with E-state index in [4.69, 9.17) is 0 Å². The molecule has 1 aromatic carbocycles. The van der Waals surface area contributed by atoms with Gasteiger partial charge in [0.1, 0.15) is 6.29 Å². The molecule has 2 heteroatoms. The smallest absolute Gasteiger partial charge is 0.150 e. The minimum atomic E-state index is 0.813. The van der Waals surface area contributed by atoms with Crippen LogP contribution in [0.3, 0.4) is 0 Å². The van der Waals surface area contributed by atoms with Crippen molar-refractivity contribution in [1.82, 2.24) is 0 Å². The Morgan fingerprint density at radius 3 is 2.33 bits per heavy atom. The van der Waals surface area contributed by atoms with Crippen LogP contribution in [0.4, 0.5) is 5.69 Å². The van der Waals surface area contributed by atoms with E-state index in [1.807, 2.05) is 12.1 Å². The molecular weight excluding hydrogens is 186 g/mol. The lowest BCUT2D eigenvalue weighted by Gasteiger charge is -2.22. The van der Waals surface area contributed by atoms with E-state index < -0.39 is 0 Å². The maximum Gasteiger partial charge on any atom is 0.150 e. The highest BCUT2D eigenvalue weighted by molar-refractivity contribution is 5.78. The number of nitrogens with zero attached hydrogens (tertiary/aromatic N) is 1. The van der Waals surface area contributed by atoms with Crippen molar-refractivity contribution in [2.75, 3.05) is 18.0 Å². The quantitative estimate of drug-likeness (QED) is 0.689. The van der Waals surface area contributed by atoms with Crippen molar-refractivity contribution >= 4 is 12.0 Å². The summed E-state index contributed by atoms with van der Waals surface area (Å²) in [6, 6.07) is 6.06. The second-order valence-corrected chi connectivity index (χ2v) is 3.53. The summed E-state index contributed by atoms with van der Waals surface area (Å²) in [6.07, 6.45) is 1.84. The van der Waals surface area contributed by atoms with E-state index in [9.17, 15) is 4.79 Å². The molecule has 0 atom stereocenters. The van der Waals surface area contributed by atoms with Gasteiger partial charge in [-0.15, -0.1) is 0 Å². The molecule has 0 aromatic heterocycles. The van der Waals surface area contributed by atoms with Crippen LogP contribution in [0.2, 0.25) is 0 Å². The Morgan fingerprint density at radius 1 is 1.20 bits per heavy atom. The van der Waals surface area contributed by atoms with E-state index in [1.54, 1.807) is 0 Å². The molecule has 1 aromatic rings. The van der Waals surface area contributed by atoms with Gasteiger partial charge in [-0.25, -0.2) is 0 Å². The molecule has 15 heavy (non-hydrogen) atoms. The van der Waals surface area contributed by atoms with Crippen molar-refractivity contribution in [3.63, 3.8) is 0 Å². The van der Waals surface area contributed by atoms with Gasteiger partial charge in [0.2, 0.25) is 0 Å². The summed E-state index contributed by atoms with van der Waals surface area (Å²) in [5.74, 6) is 0. The van der Waals surface area contributed by atoms with Crippen LogP contribution in [0.1, 0.15) is 36.7 Å². The zero-order chi connectivity index (χ0) is 11.3. The van der Waals surface area contributed by atoms with E-state index in [0.717, 1.165) is 36.9 Å². The van der Waals surface area contributed by atoms with Crippen molar-refractivity contribution < 1.29 is 4.79 Å². The lowest BCUT2D eigenvalue weighted by molar-refractivity contribution is 0.112. The summed E-state index contributed by atoms with van der Waals surface area (Å²) >= 11 is 0. The molecule has 0 saturated heterocycles. The average Bonchev–Trinajstić information content (AvgIpc) is 2.30. The summed E-state index contributed by atoms with van der Waals surface area (Å²) < 4.78 is 0. The Labute approximate surface area is 91.9 Å². The van der Waals surface area contributed by atoms with Gasteiger partial charge in [-0.3, -0.25) is 4.79 Å². The minimum absolute atomic E-state index is 0.813. The molecule has 2 nitrogen and oxygen atoms in total. The zero-order valence-corrected chi connectivity index (χ0v) is 9.79. The van der Waals surface area contributed by atoms with Crippen LogP contribution in [0.5, 0.6) is 0 Å². The maximum absolute atomic E-state index is 10.8.